The maximum atomic E-state index is 13.1. The second kappa shape index (κ2) is 10.1. The SMILES string of the molecule is O=C1N[C@H]2CCN(C(=O)N3C[C@H]4CCN(C(=O)C=Cc5ccc(OC(F)(F)F)cc5)CC[C@H]4C3)C[C@H]2O1. The first-order valence-electron chi connectivity index (χ1n) is 12.5. The molecule has 12 heteroatoms. The summed E-state index contributed by atoms with van der Waals surface area (Å²) in [5.74, 6) is 0.169. The van der Waals surface area contributed by atoms with Crippen LogP contribution in [0.25, 0.3) is 6.08 Å². The molecule has 0 radical (unpaired) electrons. The lowest BCUT2D eigenvalue weighted by atomic mass is 9.92. The lowest BCUT2D eigenvalue weighted by Gasteiger charge is -2.35. The third-order valence-corrected chi connectivity index (χ3v) is 7.62. The molecular formula is C25H29F3N4O5. The minimum atomic E-state index is -4.75. The summed E-state index contributed by atoms with van der Waals surface area (Å²) in [6, 6.07) is 5.28. The van der Waals surface area contributed by atoms with E-state index in [0.717, 1.165) is 12.8 Å². The number of ether oxygens (including phenoxy) is 2. The normalized spacial score (nSPS) is 27.9. The van der Waals surface area contributed by atoms with E-state index in [2.05, 4.69) is 10.1 Å². The van der Waals surface area contributed by atoms with Crippen LogP contribution in [0.2, 0.25) is 0 Å². The first kappa shape index (κ1) is 25.2. The average Bonchev–Trinajstić information content (AvgIpc) is 3.37. The Balaban J connectivity index is 1.10. The van der Waals surface area contributed by atoms with Gasteiger partial charge < -0.3 is 29.5 Å². The Kier molecular flexibility index (Phi) is 6.91. The molecule has 0 unspecified atom stereocenters. The predicted molar refractivity (Wildman–Crippen MR) is 125 cm³/mol. The summed E-state index contributed by atoms with van der Waals surface area (Å²) in [6.45, 7) is 3.45. The van der Waals surface area contributed by atoms with Gasteiger partial charge in [-0.25, -0.2) is 9.59 Å². The van der Waals surface area contributed by atoms with E-state index in [1.54, 1.807) is 15.9 Å². The van der Waals surface area contributed by atoms with Crippen molar-refractivity contribution in [1.29, 1.82) is 0 Å². The van der Waals surface area contributed by atoms with Crippen molar-refractivity contribution >= 4 is 24.1 Å². The van der Waals surface area contributed by atoms with Gasteiger partial charge in [0.1, 0.15) is 11.9 Å². The number of alkyl halides is 3. The van der Waals surface area contributed by atoms with E-state index in [1.165, 1.54) is 30.3 Å². The fourth-order valence-electron chi connectivity index (χ4n) is 5.68. The molecule has 4 heterocycles. The zero-order valence-corrected chi connectivity index (χ0v) is 20.2. The van der Waals surface area contributed by atoms with Crippen molar-refractivity contribution in [2.75, 3.05) is 39.3 Å². The number of likely N-dealkylation sites (tertiary alicyclic amines) is 3. The molecule has 1 aromatic carbocycles. The van der Waals surface area contributed by atoms with E-state index in [9.17, 15) is 27.6 Å². The third kappa shape index (κ3) is 5.94. The molecule has 0 saturated carbocycles. The van der Waals surface area contributed by atoms with Crippen LogP contribution in [-0.4, -0.2) is 90.5 Å². The number of alkyl carbamates (subject to hydrolysis) is 1. The molecule has 1 N–H and O–H groups in total. The maximum Gasteiger partial charge on any atom is 0.573 e. The van der Waals surface area contributed by atoms with Gasteiger partial charge in [0.25, 0.3) is 0 Å². The van der Waals surface area contributed by atoms with Crippen molar-refractivity contribution in [3.63, 3.8) is 0 Å². The minimum absolute atomic E-state index is 0.0167. The van der Waals surface area contributed by atoms with Crippen LogP contribution in [0.4, 0.5) is 22.8 Å². The Morgan fingerprint density at radius 1 is 0.946 bits per heavy atom. The molecule has 5 rings (SSSR count). The number of piperidine rings is 1. The summed E-state index contributed by atoms with van der Waals surface area (Å²) in [6.07, 6.45) is -0.181. The van der Waals surface area contributed by atoms with Crippen molar-refractivity contribution in [3.05, 3.63) is 35.9 Å². The number of carbonyl (C=O) groups excluding carboxylic acids is 3. The molecule has 1 aromatic rings. The van der Waals surface area contributed by atoms with E-state index in [4.69, 9.17) is 4.74 Å². The molecule has 4 fully saturated rings. The van der Waals surface area contributed by atoms with Crippen LogP contribution >= 0.6 is 0 Å². The number of amides is 4. The molecule has 4 saturated heterocycles. The number of nitrogens with zero attached hydrogens (tertiary/aromatic N) is 3. The van der Waals surface area contributed by atoms with Crippen molar-refractivity contribution in [2.24, 2.45) is 11.8 Å². The van der Waals surface area contributed by atoms with Gasteiger partial charge in [-0.05, 0) is 54.9 Å². The Hall–Kier alpha value is -3.44. The van der Waals surface area contributed by atoms with E-state index in [-0.39, 0.29) is 29.8 Å². The van der Waals surface area contributed by atoms with Gasteiger partial charge in [-0.15, -0.1) is 13.2 Å². The molecule has 4 atom stereocenters. The van der Waals surface area contributed by atoms with Crippen LogP contribution in [0, 0.1) is 11.8 Å². The first-order valence-corrected chi connectivity index (χ1v) is 12.5. The Bertz CT molecular complexity index is 1050. The van der Waals surface area contributed by atoms with Gasteiger partial charge in [-0.1, -0.05) is 12.1 Å². The van der Waals surface area contributed by atoms with Gasteiger partial charge in [0.2, 0.25) is 5.91 Å². The lowest BCUT2D eigenvalue weighted by molar-refractivity contribution is -0.274. The number of fused-ring (bicyclic) bond motifs is 2. The Labute approximate surface area is 212 Å². The van der Waals surface area contributed by atoms with Gasteiger partial charge in [0.15, 0.2) is 0 Å². The van der Waals surface area contributed by atoms with Gasteiger partial charge in [0.05, 0.1) is 12.6 Å². The number of urea groups is 1. The number of rotatable bonds is 3. The van der Waals surface area contributed by atoms with E-state index in [0.29, 0.717) is 63.1 Å². The quantitative estimate of drug-likeness (QED) is 0.617. The number of carbonyl (C=O) groups is 3. The smallest absolute Gasteiger partial charge is 0.442 e. The zero-order chi connectivity index (χ0) is 26.2. The van der Waals surface area contributed by atoms with Crippen LogP contribution in [0.3, 0.4) is 0 Å². The highest BCUT2D eigenvalue weighted by atomic mass is 19.4. The molecule has 0 aromatic heterocycles. The van der Waals surface area contributed by atoms with Crippen LogP contribution in [0.1, 0.15) is 24.8 Å². The summed E-state index contributed by atoms with van der Waals surface area (Å²) < 4.78 is 46.0. The number of benzene rings is 1. The minimum Gasteiger partial charge on any atom is -0.442 e. The van der Waals surface area contributed by atoms with Gasteiger partial charge >= 0.3 is 18.5 Å². The Morgan fingerprint density at radius 3 is 2.24 bits per heavy atom. The second-order valence-electron chi connectivity index (χ2n) is 9.99. The molecule has 4 aliphatic rings. The van der Waals surface area contributed by atoms with Crippen molar-refractivity contribution in [3.8, 4) is 5.75 Å². The molecular weight excluding hydrogens is 493 g/mol. The van der Waals surface area contributed by atoms with Crippen molar-refractivity contribution in [1.82, 2.24) is 20.0 Å². The molecule has 200 valence electrons. The van der Waals surface area contributed by atoms with E-state index >= 15 is 0 Å². The van der Waals surface area contributed by atoms with Crippen LogP contribution < -0.4 is 10.1 Å². The van der Waals surface area contributed by atoms with E-state index < -0.39 is 12.5 Å². The largest absolute Gasteiger partial charge is 0.573 e. The summed E-state index contributed by atoms with van der Waals surface area (Å²) >= 11 is 0. The number of halogens is 3. The number of hydrogen-bond acceptors (Lipinski definition) is 5. The monoisotopic (exact) mass is 522 g/mol. The average molecular weight is 523 g/mol. The molecule has 4 aliphatic heterocycles. The Morgan fingerprint density at radius 2 is 1.59 bits per heavy atom. The molecule has 37 heavy (non-hydrogen) atoms. The summed E-state index contributed by atoms with van der Waals surface area (Å²) in [5.41, 5.74) is 0.593. The molecule has 0 bridgehead atoms. The standard InChI is InChI=1S/C25H29F3N4O5/c26-25(27,28)37-19-4-1-16(2-5-19)3-6-22(33)30-10-7-17-13-32(14-18(17)8-11-30)24(35)31-12-9-20-21(15-31)36-23(34)29-20/h1-6,17-18,20-21H,7-15H2,(H,29,34)/t17-,18+,20-,21+/m0/s1. The fourth-order valence-corrected chi connectivity index (χ4v) is 5.68. The van der Waals surface area contributed by atoms with Gasteiger partial charge in [0, 0.05) is 38.8 Å². The lowest BCUT2D eigenvalue weighted by Crippen LogP contribution is -2.53. The fraction of sp³-hybridized carbons (Fsp3) is 0.560. The van der Waals surface area contributed by atoms with Crippen LogP contribution in [0.15, 0.2) is 30.3 Å². The van der Waals surface area contributed by atoms with Crippen molar-refractivity contribution in [2.45, 2.75) is 37.8 Å². The van der Waals surface area contributed by atoms with E-state index in [1.807, 2.05) is 4.90 Å². The molecule has 0 spiro atoms. The van der Waals surface area contributed by atoms with Crippen LogP contribution in [-0.2, 0) is 9.53 Å². The van der Waals surface area contributed by atoms with Gasteiger partial charge in [-0.3, -0.25) is 4.79 Å². The summed E-state index contributed by atoms with van der Waals surface area (Å²) in [4.78, 5) is 42.8. The number of nitrogens with one attached hydrogen (secondary N) is 1. The van der Waals surface area contributed by atoms with Gasteiger partial charge in [-0.2, -0.15) is 0 Å². The zero-order valence-electron chi connectivity index (χ0n) is 20.2. The number of hydrogen-bond donors (Lipinski definition) is 1. The first-order chi connectivity index (χ1) is 17.6. The maximum absolute atomic E-state index is 13.1. The predicted octanol–water partition coefficient (Wildman–Crippen LogP) is 3.07. The summed E-state index contributed by atoms with van der Waals surface area (Å²) in [7, 11) is 0. The summed E-state index contributed by atoms with van der Waals surface area (Å²) in [5, 5.41) is 2.78. The molecule has 0 aliphatic carbocycles. The highest BCUT2D eigenvalue weighted by Crippen LogP contribution is 2.33. The second-order valence-corrected chi connectivity index (χ2v) is 9.99. The van der Waals surface area contributed by atoms with Crippen molar-refractivity contribution < 1.29 is 37.0 Å². The molecule has 4 amide bonds. The topological polar surface area (TPSA) is 91.4 Å². The van der Waals surface area contributed by atoms with Crippen LogP contribution in [0.5, 0.6) is 5.75 Å². The molecule has 9 nitrogen and oxygen atoms in total. The highest BCUT2D eigenvalue weighted by Gasteiger charge is 2.43. The third-order valence-electron chi connectivity index (χ3n) is 7.62. The highest BCUT2D eigenvalue weighted by molar-refractivity contribution is 5.91.